The average Bonchev–Trinajstić information content (AvgIpc) is 2.92. The molecular formula is C24H34N2O2. The van der Waals surface area contributed by atoms with Crippen LogP contribution in [0.4, 0.5) is 0 Å². The van der Waals surface area contributed by atoms with Gasteiger partial charge in [-0.3, -0.25) is 4.79 Å². The Kier molecular flexibility index (Phi) is 6.95. The molecule has 0 unspecified atom stereocenters. The van der Waals surface area contributed by atoms with Crippen LogP contribution in [-0.2, 0) is 11.3 Å². The van der Waals surface area contributed by atoms with Crippen molar-refractivity contribution in [2.24, 2.45) is 0 Å². The summed E-state index contributed by atoms with van der Waals surface area (Å²) in [7, 11) is 0. The summed E-state index contributed by atoms with van der Waals surface area (Å²) < 4.78 is 5.97. The second-order valence-electron chi connectivity index (χ2n) is 8.92. The summed E-state index contributed by atoms with van der Waals surface area (Å²) in [6, 6.07) is 13.0. The number of benzene rings is 2. The van der Waals surface area contributed by atoms with Gasteiger partial charge in [0.05, 0.1) is 0 Å². The van der Waals surface area contributed by atoms with Gasteiger partial charge in [-0.25, -0.2) is 0 Å². The van der Waals surface area contributed by atoms with Gasteiger partial charge in [0.2, 0.25) is 0 Å². The van der Waals surface area contributed by atoms with Gasteiger partial charge in [-0.05, 0) is 50.5 Å². The number of rotatable bonds is 6. The third-order valence-corrected chi connectivity index (χ3v) is 5.29. The molecule has 152 valence electrons. The highest BCUT2D eigenvalue weighted by Crippen LogP contribution is 2.29. The average molecular weight is 383 g/mol. The van der Waals surface area contributed by atoms with Crippen LogP contribution in [0.1, 0.15) is 64.9 Å². The van der Waals surface area contributed by atoms with E-state index in [1.807, 2.05) is 26.8 Å². The summed E-state index contributed by atoms with van der Waals surface area (Å²) in [5, 5.41) is 9.11. The molecule has 2 aromatic carbocycles. The quantitative estimate of drug-likeness (QED) is 0.695. The van der Waals surface area contributed by atoms with Crippen LogP contribution >= 0.6 is 0 Å². The number of carbonyl (C=O) groups excluding carboxylic acids is 1. The number of hydrogen-bond acceptors (Lipinski definition) is 3. The Bertz CT molecular complexity index is 787. The van der Waals surface area contributed by atoms with E-state index in [9.17, 15) is 4.79 Å². The normalized spacial score (nSPS) is 16.0. The lowest BCUT2D eigenvalue weighted by Gasteiger charge is -2.22. The molecule has 0 saturated heterocycles. The van der Waals surface area contributed by atoms with Crippen molar-refractivity contribution in [2.45, 2.75) is 77.4 Å². The van der Waals surface area contributed by atoms with Crippen molar-refractivity contribution in [1.29, 1.82) is 0 Å². The largest absolute Gasteiger partial charge is 0.483 e. The summed E-state index contributed by atoms with van der Waals surface area (Å²) in [5.41, 5.74) is 0.888. The lowest BCUT2D eigenvalue weighted by atomic mass is 10.0. The molecule has 1 amide bonds. The Morgan fingerprint density at radius 2 is 1.75 bits per heavy atom. The molecule has 0 radical (unpaired) electrons. The van der Waals surface area contributed by atoms with Crippen LogP contribution in [0.5, 0.6) is 5.75 Å². The first-order chi connectivity index (χ1) is 13.4. The highest BCUT2D eigenvalue weighted by Gasteiger charge is 2.17. The second kappa shape index (κ2) is 9.42. The van der Waals surface area contributed by atoms with Crippen molar-refractivity contribution >= 4 is 16.7 Å². The van der Waals surface area contributed by atoms with E-state index < -0.39 is 0 Å². The van der Waals surface area contributed by atoms with Crippen molar-refractivity contribution in [2.75, 3.05) is 6.61 Å². The summed E-state index contributed by atoms with van der Waals surface area (Å²) in [4.78, 5) is 12.2. The van der Waals surface area contributed by atoms with Gasteiger partial charge in [0.25, 0.3) is 5.91 Å². The van der Waals surface area contributed by atoms with Crippen molar-refractivity contribution in [3.05, 3.63) is 42.0 Å². The molecule has 0 aliphatic heterocycles. The van der Waals surface area contributed by atoms with E-state index in [0.29, 0.717) is 6.04 Å². The third-order valence-electron chi connectivity index (χ3n) is 5.29. The molecule has 0 bridgehead atoms. The van der Waals surface area contributed by atoms with Gasteiger partial charge >= 0.3 is 0 Å². The van der Waals surface area contributed by atoms with Crippen LogP contribution in [0, 0.1) is 0 Å². The molecular weight excluding hydrogens is 348 g/mol. The predicted molar refractivity (Wildman–Crippen MR) is 116 cm³/mol. The number of carbonyl (C=O) groups is 1. The number of nitrogens with one attached hydrogen (secondary N) is 2. The van der Waals surface area contributed by atoms with Crippen LogP contribution in [0.2, 0.25) is 0 Å². The lowest BCUT2D eigenvalue weighted by molar-refractivity contribution is -0.124. The summed E-state index contributed by atoms with van der Waals surface area (Å²) in [6.07, 6.45) is 7.81. The maximum absolute atomic E-state index is 12.2. The van der Waals surface area contributed by atoms with Crippen molar-refractivity contribution < 1.29 is 9.53 Å². The first-order valence-corrected chi connectivity index (χ1v) is 10.6. The number of hydrogen-bond donors (Lipinski definition) is 2. The van der Waals surface area contributed by atoms with Gasteiger partial charge in [0.15, 0.2) is 6.61 Å². The first kappa shape index (κ1) is 20.7. The molecule has 0 aromatic heterocycles. The monoisotopic (exact) mass is 382 g/mol. The van der Waals surface area contributed by atoms with Crippen molar-refractivity contribution in [3.63, 3.8) is 0 Å². The van der Waals surface area contributed by atoms with E-state index in [2.05, 4.69) is 41.0 Å². The van der Waals surface area contributed by atoms with E-state index in [4.69, 9.17) is 4.74 Å². The first-order valence-electron chi connectivity index (χ1n) is 10.6. The number of amides is 1. The standard InChI is InChI=1S/C24H34N2O2/c1-24(2,3)26-23(27)17-28-22-15-14-18-10-8-9-13-20(18)21(22)16-25-19-11-6-4-5-7-12-19/h8-10,13-15,19,25H,4-7,11-12,16-17H2,1-3H3,(H,26,27). The second-order valence-corrected chi connectivity index (χ2v) is 8.92. The number of ether oxygens (including phenoxy) is 1. The summed E-state index contributed by atoms with van der Waals surface area (Å²) >= 11 is 0. The van der Waals surface area contributed by atoms with E-state index in [1.165, 1.54) is 49.3 Å². The molecule has 1 aliphatic carbocycles. The van der Waals surface area contributed by atoms with Gasteiger partial charge in [0, 0.05) is 23.7 Å². The molecule has 4 nitrogen and oxygen atoms in total. The Labute approximate surface area is 169 Å². The molecule has 1 aliphatic rings. The highest BCUT2D eigenvalue weighted by atomic mass is 16.5. The maximum atomic E-state index is 12.2. The Balaban J connectivity index is 1.75. The fraction of sp³-hybridized carbons (Fsp3) is 0.542. The van der Waals surface area contributed by atoms with Crippen LogP contribution < -0.4 is 15.4 Å². The zero-order valence-corrected chi connectivity index (χ0v) is 17.5. The number of fused-ring (bicyclic) bond motifs is 1. The molecule has 1 fully saturated rings. The molecule has 4 heteroatoms. The minimum Gasteiger partial charge on any atom is -0.483 e. The fourth-order valence-corrected chi connectivity index (χ4v) is 3.96. The van der Waals surface area contributed by atoms with Crippen LogP contribution in [0.3, 0.4) is 0 Å². The Hall–Kier alpha value is -2.07. The molecule has 3 rings (SSSR count). The molecule has 0 atom stereocenters. The smallest absolute Gasteiger partial charge is 0.258 e. The van der Waals surface area contributed by atoms with Crippen LogP contribution in [-0.4, -0.2) is 24.1 Å². The van der Waals surface area contributed by atoms with Gasteiger partial charge in [0.1, 0.15) is 5.75 Å². The molecule has 2 aromatic rings. The van der Waals surface area contributed by atoms with E-state index >= 15 is 0 Å². The topological polar surface area (TPSA) is 50.4 Å². The van der Waals surface area contributed by atoms with E-state index in [-0.39, 0.29) is 18.1 Å². The Morgan fingerprint density at radius 3 is 2.46 bits per heavy atom. The zero-order chi connectivity index (χ0) is 20.0. The minimum absolute atomic E-state index is 0.0338. The zero-order valence-electron chi connectivity index (χ0n) is 17.5. The van der Waals surface area contributed by atoms with Crippen molar-refractivity contribution in [1.82, 2.24) is 10.6 Å². The van der Waals surface area contributed by atoms with Crippen LogP contribution in [0.25, 0.3) is 10.8 Å². The predicted octanol–water partition coefficient (Wildman–Crippen LogP) is 4.95. The fourth-order valence-electron chi connectivity index (χ4n) is 3.96. The van der Waals surface area contributed by atoms with Gasteiger partial charge < -0.3 is 15.4 Å². The maximum Gasteiger partial charge on any atom is 0.258 e. The van der Waals surface area contributed by atoms with E-state index in [1.54, 1.807) is 0 Å². The van der Waals surface area contributed by atoms with Gasteiger partial charge in [-0.2, -0.15) is 0 Å². The third kappa shape index (κ3) is 5.96. The van der Waals surface area contributed by atoms with Crippen LogP contribution in [0.15, 0.2) is 36.4 Å². The molecule has 0 spiro atoms. The summed E-state index contributed by atoms with van der Waals surface area (Å²) in [6.45, 7) is 6.73. The molecule has 28 heavy (non-hydrogen) atoms. The Morgan fingerprint density at radius 1 is 1.04 bits per heavy atom. The molecule has 0 heterocycles. The van der Waals surface area contributed by atoms with E-state index in [0.717, 1.165) is 17.9 Å². The van der Waals surface area contributed by atoms with Gasteiger partial charge in [-0.15, -0.1) is 0 Å². The minimum atomic E-state index is -0.256. The highest BCUT2D eigenvalue weighted by molar-refractivity contribution is 5.88. The van der Waals surface area contributed by atoms with Crippen molar-refractivity contribution in [3.8, 4) is 5.75 Å². The molecule has 2 N–H and O–H groups in total. The van der Waals surface area contributed by atoms with Gasteiger partial charge in [-0.1, -0.05) is 56.0 Å². The summed E-state index contributed by atoms with van der Waals surface area (Å²) in [5.74, 6) is 0.701. The lowest BCUT2D eigenvalue weighted by Crippen LogP contribution is -2.43. The SMILES string of the molecule is CC(C)(C)NC(=O)COc1ccc2ccccc2c1CNC1CCCCCC1. The molecule has 1 saturated carbocycles.